The molecule has 0 saturated carbocycles. The van der Waals surface area contributed by atoms with E-state index in [1.54, 1.807) is 0 Å². The van der Waals surface area contributed by atoms with Gasteiger partial charge in [0.05, 0.1) is 4.90 Å². The molecule has 1 aromatic carbocycles. The van der Waals surface area contributed by atoms with Crippen molar-refractivity contribution in [2.24, 2.45) is 5.92 Å². The fraction of sp³-hybridized carbons (Fsp3) is 0.600. The first-order valence-corrected chi connectivity index (χ1v) is 8.66. The average molecular weight is 296 g/mol. The van der Waals surface area contributed by atoms with E-state index in [1.165, 1.54) is 0 Å². The topological polar surface area (TPSA) is 58.2 Å². The van der Waals surface area contributed by atoms with Gasteiger partial charge in [0.2, 0.25) is 10.0 Å². The number of piperidine rings is 1. The van der Waals surface area contributed by atoms with E-state index >= 15 is 0 Å². The highest BCUT2D eigenvalue weighted by Crippen LogP contribution is 2.22. The van der Waals surface area contributed by atoms with E-state index in [0.717, 1.165) is 42.6 Å². The Bertz CT molecular complexity index is 553. The van der Waals surface area contributed by atoms with E-state index in [0.29, 0.717) is 17.4 Å². The minimum Gasteiger partial charge on any atom is -0.316 e. The maximum Gasteiger partial charge on any atom is 0.241 e. The first-order chi connectivity index (χ1) is 9.40. The summed E-state index contributed by atoms with van der Waals surface area (Å²) in [5.41, 5.74) is 2.73. The van der Waals surface area contributed by atoms with Gasteiger partial charge < -0.3 is 5.32 Å². The van der Waals surface area contributed by atoms with Crippen LogP contribution in [0.15, 0.2) is 17.0 Å². The molecule has 0 radical (unpaired) electrons. The lowest BCUT2D eigenvalue weighted by Crippen LogP contribution is -2.38. The summed E-state index contributed by atoms with van der Waals surface area (Å²) in [5.74, 6) is 0.393. The van der Waals surface area contributed by atoms with Crippen molar-refractivity contribution in [1.29, 1.82) is 0 Å². The lowest BCUT2D eigenvalue weighted by atomic mass is 10.0. The zero-order valence-electron chi connectivity index (χ0n) is 12.5. The summed E-state index contributed by atoms with van der Waals surface area (Å²) in [4.78, 5) is 0.437. The van der Waals surface area contributed by atoms with Gasteiger partial charge in [-0.15, -0.1) is 0 Å². The van der Waals surface area contributed by atoms with Crippen LogP contribution in [0.25, 0.3) is 0 Å². The number of nitrogens with one attached hydrogen (secondary N) is 2. The van der Waals surface area contributed by atoms with E-state index in [9.17, 15) is 8.42 Å². The van der Waals surface area contributed by atoms with Gasteiger partial charge in [-0.1, -0.05) is 17.7 Å². The highest BCUT2D eigenvalue weighted by molar-refractivity contribution is 7.89. The zero-order chi connectivity index (χ0) is 14.8. The SMILES string of the molecule is Cc1cc(C)c(S(=O)(=O)NCC2CCCNC2)c(C)c1. The van der Waals surface area contributed by atoms with E-state index in [4.69, 9.17) is 0 Å². The summed E-state index contributed by atoms with van der Waals surface area (Å²) >= 11 is 0. The molecule has 0 spiro atoms. The molecule has 112 valence electrons. The van der Waals surface area contributed by atoms with Crippen LogP contribution in [-0.2, 0) is 10.0 Å². The molecule has 1 saturated heterocycles. The summed E-state index contributed by atoms with van der Waals surface area (Å²) in [7, 11) is -3.42. The maximum absolute atomic E-state index is 12.5. The standard InChI is InChI=1S/C15H24N2O2S/c1-11-7-12(2)15(13(3)8-11)20(18,19)17-10-14-5-4-6-16-9-14/h7-8,14,16-17H,4-6,9-10H2,1-3H3. The Morgan fingerprint density at radius 3 is 2.45 bits per heavy atom. The van der Waals surface area contributed by atoms with Crippen molar-refractivity contribution in [1.82, 2.24) is 10.0 Å². The van der Waals surface area contributed by atoms with Gasteiger partial charge in [-0.05, 0) is 63.7 Å². The summed E-state index contributed by atoms with van der Waals surface area (Å²) in [6.07, 6.45) is 2.20. The zero-order valence-corrected chi connectivity index (χ0v) is 13.3. The van der Waals surface area contributed by atoms with Gasteiger partial charge in [0.1, 0.15) is 0 Å². The molecule has 5 heteroatoms. The molecule has 0 aliphatic carbocycles. The molecular weight excluding hydrogens is 272 g/mol. The Morgan fingerprint density at radius 1 is 1.25 bits per heavy atom. The highest BCUT2D eigenvalue weighted by atomic mass is 32.2. The van der Waals surface area contributed by atoms with Crippen molar-refractivity contribution in [3.63, 3.8) is 0 Å². The van der Waals surface area contributed by atoms with Gasteiger partial charge in [0, 0.05) is 6.54 Å². The fourth-order valence-electron chi connectivity index (χ4n) is 2.99. The number of hydrogen-bond acceptors (Lipinski definition) is 3. The Morgan fingerprint density at radius 2 is 1.90 bits per heavy atom. The van der Waals surface area contributed by atoms with Gasteiger partial charge in [0.15, 0.2) is 0 Å². The molecule has 1 heterocycles. The third-order valence-corrected chi connectivity index (χ3v) is 5.56. The normalized spacial score (nSPS) is 20.1. The molecular formula is C15H24N2O2S. The van der Waals surface area contributed by atoms with Crippen molar-refractivity contribution in [3.8, 4) is 0 Å². The average Bonchev–Trinajstić information content (AvgIpc) is 2.36. The monoisotopic (exact) mass is 296 g/mol. The van der Waals surface area contributed by atoms with Gasteiger partial charge in [0.25, 0.3) is 0 Å². The summed E-state index contributed by atoms with van der Waals surface area (Å²) in [6.45, 7) is 8.15. The molecule has 1 unspecified atom stereocenters. The molecule has 1 fully saturated rings. The van der Waals surface area contributed by atoms with Crippen molar-refractivity contribution in [2.75, 3.05) is 19.6 Å². The molecule has 1 atom stereocenters. The van der Waals surface area contributed by atoms with Crippen molar-refractivity contribution in [2.45, 2.75) is 38.5 Å². The molecule has 2 N–H and O–H groups in total. The quantitative estimate of drug-likeness (QED) is 0.892. The molecule has 1 aromatic rings. The second-order valence-corrected chi connectivity index (χ2v) is 7.50. The lowest BCUT2D eigenvalue weighted by Gasteiger charge is -2.23. The van der Waals surface area contributed by atoms with Crippen LogP contribution in [0.3, 0.4) is 0 Å². The number of benzene rings is 1. The van der Waals surface area contributed by atoms with Crippen LogP contribution >= 0.6 is 0 Å². The summed E-state index contributed by atoms with van der Waals surface area (Å²) in [6, 6.07) is 3.84. The van der Waals surface area contributed by atoms with Crippen LogP contribution in [0.5, 0.6) is 0 Å². The lowest BCUT2D eigenvalue weighted by molar-refractivity contribution is 0.376. The number of hydrogen-bond donors (Lipinski definition) is 2. The Balaban J connectivity index is 2.14. The largest absolute Gasteiger partial charge is 0.316 e. The smallest absolute Gasteiger partial charge is 0.241 e. The minimum atomic E-state index is -3.42. The second kappa shape index (κ2) is 6.24. The maximum atomic E-state index is 12.5. The van der Waals surface area contributed by atoms with Crippen LogP contribution < -0.4 is 10.0 Å². The van der Waals surface area contributed by atoms with E-state index in [1.807, 2.05) is 32.9 Å². The second-order valence-electron chi connectivity index (χ2n) is 5.79. The summed E-state index contributed by atoms with van der Waals surface area (Å²) < 4.78 is 27.8. The molecule has 0 amide bonds. The van der Waals surface area contributed by atoms with Crippen LogP contribution in [0, 0.1) is 26.7 Å². The Labute approximate surface area is 122 Å². The van der Waals surface area contributed by atoms with Crippen LogP contribution in [0.2, 0.25) is 0 Å². The van der Waals surface area contributed by atoms with Crippen molar-refractivity contribution in [3.05, 3.63) is 28.8 Å². The predicted octanol–water partition coefficient (Wildman–Crippen LogP) is 1.89. The third-order valence-electron chi connectivity index (χ3n) is 3.83. The van der Waals surface area contributed by atoms with Crippen molar-refractivity contribution >= 4 is 10.0 Å². The Kier molecular flexibility index (Phi) is 4.83. The molecule has 4 nitrogen and oxygen atoms in total. The molecule has 20 heavy (non-hydrogen) atoms. The number of aryl methyl sites for hydroxylation is 3. The van der Waals surface area contributed by atoms with Gasteiger partial charge in [-0.2, -0.15) is 0 Å². The highest BCUT2D eigenvalue weighted by Gasteiger charge is 2.22. The molecule has 2 rings (SSSR count). The first kappa shape index (κ1) is 15.5. The van der Waals surface area contributed by atoms with Crippen molar-refractivity contribution < 1.29 is 8.42 Å². The predicted molar refractivity (Wildman–Crippen MR) is 81.4 cm³/mol. The van der Waals surface area contributed by atoms with Gasteiger partial charge in [-0.3, -0.25) is 0 Å². The fourth-order valence-corrected chi connectivity index (χ4v) is 4.55. The van der Waals surface area contributed by atoms with Crippen LogP contribution in [0.4, 0.5) is 0 Å². The minimum absolute atomic E-state index is 0.393. The molecule has 0 aromatic heterocycles. The first-order valence-electron chi connectivity index (χ1n) is 7.18. The van der Waals surface area contributed by atoms with Gasteiger partial charge in [-0.25, -0.2) is 13.1 Å². The summed E-state index contributed by atoms with van der Waals surface area (Å²) in [5, 5.41) is 3.31. The molecule has 1 aliphatic heterocycles. The van der Waals surface area contributed by atoms with E-state index < -0.39 is 10.0 Å². The van der Waals surface area contributed by atoms with Crippen LogP contribution in [0.1, 0.15) is 29.5 Å². The molecule has 1 aliphatic rings. The number of sulfonamides is 1. The Hall–Kier alpha value is -0.910. The molecule has 0 bridgehead atoms. The van der Waals surface area contributed by atoms with Crippen LogP contribution in [-0.4, -0.2) is 28.1 Å². The van der Waals surface area contributed by atoms with E-state index in [2.05, 4.69) is 10.0 Å². The van der Waals surface area contributed by atoms with E-state index in [-0.39, 0.29) is 0 Å². The number of rotatable bonds is 4. The third kappa shape index (κ3) is 3.59. The van der Waals surface area contributed by atoms with Gasteiger partial charge >= 0.3 is 0 Å².